The topological polar surface area (TPSA) is 76.2 Å². The maximum atomic E-state index is 10.4. The molecule has 0 aliphatic carbocycles. The molecule has 0 spiro atoms. The molecule has 2 aromatic rings. The summed E-state index contributed by atoms with van der Waals surface area (Å²) in [7, 11) is 0. The second-order valence-corrected chi connectivity index (χ2v) is 2.53. The summed E-state index contributed by atoms with van der Waals surface area (Å²) in [5.41, 5.74) is 1.48. The molecule has 0 fully saturated rings. The Morgan fingerprint density at radius 1 is 1.54 bits per heavy atom. The van der Waals surface area contributed by atoms with Crippen LogP contribution < -0.4 is 0 Å². The lowest BCUT2D eigenvalue weighted by Gasteiger charge is -1.94. The Morgan fingerprint density at radius 3 is 3.15 bits per heavy atom. The summed E-state index contributed by atoms with van der Waals surface area (Å²) in [5, 5.41) is 8.56. The van der Waals surface area contributed by atoms with E-state index in [-0.39, 0.29) is 6.42 Å². The largest absolute Gasteiger partial charge is 0.481 e. The SMILES string of the molecule is O=C(O)Cc1nccc2ncoc12. The van der Waals surface area contributed by atoms with Gasteiger partial charge in [0.05, 0.1) is 12.1 Å². The summed E-state index contributed by atoms with van der Waals surface area (Å²) in [6.07, 6.45) is 2.65. The van der Waals surface area contributed by atoms with Crippen LogP contribution in [-0.4, -0.2) is 21.0 Å². The van der Waals surface area contributed by atoms with Gasteiger partial charge in [-0.3, -0.25) is 9.78 Å². The van der Waals surface area contributed by atoms with Crippen molar-refractivity contribution in [2.75, 3.05) is 0 Å². The van der Waals surface area contributed by atoms with Gasteiger partial charge >= 0.3 is 5.97 Å². The van der Waals surface area contributed by atoms with E-state index < -0.39 is 5.97 Å². The number of carbonyl (C=O) groups is 1. The number of rotatable bonds is 2. The van der Waals surface area contributed by atoms with Gasteiger partial charge in [0, 0.05) is 6.20 Å². The molecule has 2 heterocycles. The number of hydrogen-bond donors (Lipinski definition) is 1. The molecule has 5 nitrogen and oxygen atoms in total. The van der Waals surface area contributed by atoms with Crippen LogP contribution in [0.25, 0.3) is 11.1 Å². The summed E-state index contributed by atoms with van der Waals surface area (Å²) in [6, 6.07) is 1.67. The molecular formula is C8H6N2O3. The molecule has 0 amide bonds. The maximum Gasteiger partial charge on any atom is 0.309 e. The number of oxazole rings is 1. The van der Waals surface area contributed by atoms with Crippen LogP contribution >= 0.6 is 0 Å². The first-order chi connectivity index (χ1) is 6.27. The molecular weight excluding hydrogens is 172 g/mol. The zero-order valence-corrected chi connectivity index (χ0v) is 6.60. The van der Waals surface area contributed by atoms with Crippen LogP contribution in [0.1, 0.15) is 5.69 Å². The second kappa shape index (κ2) is 2.85. The zero-order valence-electron chi connectivity index (χ0n) is 6.60. The van der Waals surface area contributed by atoms with Crippen LogP contribution in [0, 0.1) is 0 Å². The molecule has 13 heavy (non-hydrogen) atoms. The Kier molecular flexibility index (Phi) is 1.70. The minimum Gasteiger partial charge on any atom is -0.481 e. The van der Waals surface area contributed by atoms with E-state index in [2.05, 4.69) is 9.97 Å². The van der Waals surface area contributed by atoms with Gasteiger partial charge in [0.15, 0.2) is 12.0 Å². The molecule has 5 heteroatoms. The number of fused-ring (bicyclic) bond motifs is 1. The van der Waals surface area contributed by atoms with Gasteiger partial charge in [0.2, 0.25) is 0 Å². The van der Waals surface area contributed by atoms with Crippen molar-refractivity contribution < 1.29 is 14.3 Å². The Morgan fingerprint density at radius 2 is 2.38 bits per heavy atom. The number of hydrogen-bond acceptors (Lipinski definition) is 4. The number of aliphatic carboxylic acids is 1. The first-order valence-corrected chi connectivity index (χ1v) is 3.66. The molecule has 0 aliphatic rings. The van der Waals surface area contributed by atoms with E-state index in [4.69, 9.17) is 9.52 Å². The minimum atomic E-state index is -0.934. The molecule has 0 bridgehead atoms. The Labute approximate surface area is 73.0 Å². The Hall–Kier alpha value is -1.91. The summed E-state index contributed by atoms with van der Waals surface area (Å²) in [6.45, 7) is 0. The predicted octanol–water partition coefficient (Wildman–Crippen LogP) is 0.850. The van der Waals surface area contributed by atoms with Crippen molar-refractivity contribution in [1.82, 2.24) is 9.97 Å². The lowest BCUT2D eigenvalue weighted by atomic mass is 10.2. The van der Waals surface area contributed by atoms with Crippen molar-refractivity contribution in [3.63, 3.8) is 0 Å². The van der Waals surface area contributed by atoms with E-state index in [0.29, 0.717) is 16.8 Å². The van der Waals surface area contributed by atoms with E-state index >= 15 is 0 Å². The van der Waals surface area contributed by atoms with Gasteiger partial charge in [0.25, 0.3) is 0 Å². The smallest absolute Gasteiger partial charge is 0.309 e. The molecule has 66 valence electrons. The monoisotopic (exact) mass is 178 g/mol. The summed E-state index contributed by atoms with van der Waals surface area (Å²) in [4.78, 5) is 18.2. The predicted molar refractivity (Wildman–Crippen MR) is 43.1 cm³/mol. The number of carboxylic acid groups (broad SMARTS) is 1. The minimum absolute atomic E-state index is 0.146. The van der Waals surface area contributed by atoms with Gasteiger partial charge in [-0.15, -0.1) is 0 Å². The van der Waals surface area contributed by atoms with E-state index in [9.17, 15) is 4.79 Å². The molecule has 0 atom stereocenters. The van der Waals surface area contributed by atoms with Gasteiger partial charge in [-0.1, -0.05) is 0 Å². The third kappa shape index (κ3) is 1.35. The van der Waals surface area contributed by atoms with Gasteiger partial charge in [-0.05, 0) is 6.07 Å². The first kappa shape index (κ1) is 7.72. The fourth-order valence-corrected chi connectivity index (χ4v) is 1.12. The lowest BCUT2D eigenvalue weighted by Crippen LogP contribution is -2.02. The molecule has 0 saturated heterocycles. The van der Waals surface area contributed by atoms with E-state index in [1.165, 1.54) is 12.6 Å². The van der Waals surface area contributed by atoms with E-state index in [0.717, 1.165) is 0 Å². The molecule has 0 radical (unpaired) electrons. The van der Waals surface area contributed by atoms with E-state index in [1.54, 1.807) is 6.07 Å². The lowest BCUT2D eigenvalue weighted by molar-refractivity contribution is -0.136. The maximum absolute atomic E-state index is 10.4. The highest BCUT2D eigenvalue weighted by Gasteiger charge is 2.09. The quantitative estimate of drug-likeness (QED) is 0.737. The zero-order chi connectivity index (χ0) is 9.26. The highest BCUT2D eigenvalue weighted by molar-refractivity contribution is 5.79. The number of aromatic nitrogens is 2. The normalized spacial score (nSPS) is 10.5. The third-order valence-electron chi connectivity index (χ3n) is 1.64. The van der Waals surface area contributed by atoms with Crippen LogP contribution in [0.3, 0.4) is 0 Å². The number of pyridine rings is 1. The van der Waals surface area contributed by atoms with Crippen molar-refractivity contribution in [3.8, 4) is 0 Å². The van der Waals surface area contributed by atoms with Crippen molar-refractivity contribution in [3.05, 3.63) is 24.4 Å². The summed E-state index contributed by atoms with van der Waals surface area (Å²) < 4.78 is 5.01. The van der Waals surface area contributed by atoms with Crippen molar-refractivity contribution >= 4 is 17.1 Å². The second-order valence-electron chi connectivity index (χ2n) is 2.53. The molecule has 2 aromatic heterocycles. The molecule has 0 unspecified atom stereocenters. The number of carboxylic acids is 1. The first-order valence-electron chi connectivity index (χ1n) is 3.66. The molecule has 2 rings (SSSR count). The molecule has 0 aromatic carbocycles. The van der Waals surface area contributed by atoms with E-state index in [1.807, 2.05) is 0 Å². The molecule has 0 saturated carbocycles. The van der Waals surface area contributed by atoms with Gasteiger partial charge < -0.3 is 9.52 Å². The van der Waals surface area contributed by atoms with Gasteiger partial charge in [-0.25, -0.2) is 4.98 Å². The highest BCUT2D eigenvalue weighted by atomic mass is 16.4. The van der Waals surface area contributed by atoms with Crippen molar-refractivity contribution in [2.24, 2.45) is 0 Å². The van der Waals surface area contributed by atoms with Crippen LogP contribution in [-0.2, 0) is 11.2 Å². The molecule has 0 aliphatic heterocycles. The van der Waals surface area contributed by atoms with Crippen LogP contribution in [0.2, 0.25) is 0 Å². The fraction of sp³-hybridized carbons (Fsp3) is 0.125. The highest BCUT2D eigenvalue weighted by Crippen LogP contribution is 2.14. The van der Waals surface area contributed by atoms with Crippen LogP contribution in [0.4, 0.5) is 0 Å². The third-order valence-corrected chi connectivity index (χ3v) is 1.64. The standard InChI is InChI=1S/C8H6N2O3/c11-7(12)3-6-8-5(1-2-9-6)10-4-13-8/h1-2,4H,3H2,(H,11,12). The molecule has 1 N–H and O–H groups in total. The van der Waals surface area contributed by atoms with Gasteiger partial charge in [-0.2, -0.15) is 0 Å². The summed E-state index contributed by atoms with van der Waals surface area (Å²) in [5.74, 6) is -0.934. The summed E-state index contributed by atoms with van der Waals surface area (Å²) >= 11 is 0. The van der Waals surface area contributed by atoms with Crippen LogP contribution in [0.15, 0.2) is 23.1 Å². The average molecular weight is 178 g/mol. The average Bonchev–Trinajstić information content (AvgIpc) is 2.51. The Balaban J connectivity index is 2.54. The van der Waals surface area contributed by atoms with Crippen molar-refractivity contribution in [2.45, 2.75) is 6.42 Å². The number of nitrogens with zero attached hydrogens (tertiary/aromatic N) is 2. The fourth-order valence-electron chi connectivity index (χ4n) is 1.12. The Bertz CT molecular complexity index is 449. The van der Waals surface area contributed by atoms with Crippen molar-refractivity contribution in [1.29, 1.82) is 0 Å². The van der Waals surface area contributed by atoms with Crippen LogP contribution in [0.5, 0.6) is 0 Å². The van der Waals surface area contributed by atoms with Gasteiger partial charge in [0.1, 0.15) is 5.52 Å².